The predicted molar refractivity (Wildman–Crippen MR) is 123 cm³/mol. The average molecular weight is 420 g/mol. The molecule has 2 aromatic carbocycles. The molecule has 6 nitrogen and oxygen atoms in total. The molecule has 162 valence electrons. The van der Waals surface area contributed by atoms with Gasteiger partial charge in [-0.1, -0.05) is 12.1 Å². The highest BCUT2D eigenvalue weighted by Crippen LogP contribution is 2.31. The Kier molecular flexibility index (Phi) is 5.12. The van der Waals surface area contributed by atoms with Crippen LogP contribution in [0.1, 0.15) is 48.7 Å². The summed E-state index contributed by atoms with van der Waals surface area (Å²) in [5, 5.41) is 6.17. The lowest BCUT2D eigenvalue weighted by atomic mass is 9.99. The minimum atomic E-state index is -0.522. The molecule has 3 aromatic rings. The van der Waals surface area contributed by atoms with Crippen molar-refractivity contribution in [2.24, 2.45) is 7.05 Å². The Morgan fingerprint density at radius 3 is 2.45 bits per heavy atom. The van der Waals surface area contributed by atoms with Gasteiger partial charge in [-0.15, -0.1) is 0 Å². The van der Waals surface area contributed by atoms with E-state index >= 15 is 0 Å². The van der Waals surface area contributed by atoms with Gasteiger partial charge in [-0.25, -0.2) is 9.48 Å². The molecule has 0 spiro atoms. The standard InChI is InChI=1S/C25H29N3O3/c1-15-11-19-20(12-16(15)2)23(29)27(6)26-21(19)14-17-7-8-22-18(13-17)9-10-28(22)24(30)31-25(3,4)5/h7-8,11-13H,9-10,14H2,1-6H3. The van der Waals surface area contributed by atoms with E-state index in [9.17, 15) is 9.59 Å². The van der Waals surface area contributed by atoms with Crippen molar-refractivity contribution >= 4 is 22.6 Å². The number of aryl methyl sites for hydroxylation is 3. The Labute approximate surface area is 182 Å². The maximum Gasteiger partial charge on any atom is 0.414 e. The summed E-state index contributed by atoms with van der Waals surface area (Å²) in [7, 11) is 1.70. The van der Waals surface area contributed by atoms with Gasteiger partial charge in [0, 0.05) is 25.4 Å². The van der Waals surface area contributed by atoms with Crippen LogP contribution < -0.4 is 10.5 Å². The molecule has 0 aliphatic carbocycles. The number of benzene rings is 2. The minimum absolute atomic E-state index is 0.0798. The molecule has 31 heavy (non-hydrogen) atoms. The molecule has 1 aliphatic heterocycles. The van der Waals surface area contributed by atoms with Crippen LogP contribution in [0.15, 0.2) is 35.1 Å². The Morgan fingerprint density at radius 2 is 1.77 bits per heavy atom. The van der Waals surface area contributed by atoms with E-state index in [0.717, 1.165) is 45.4 Å². The molecule has 0 radical (unpaired) electrons. The van der Waals surface area contributed by atoms with E-state index < -0.39 is 5.60 Å². The number of carbonyl (C=O) groups is 1. The molecule has 0 fully saturated rings. The number of nitrogens with zero attached hydrogens (tertiary/aromatic N) is 3. The van der Waals surface area contributed by atoms with E-state index in [0.29, 0.717) is 18.4 Å². The molecule has 0 atom stereocenters. The summed E-state index contributed by atoms with van der Waals surface area (Å²) >= 11 is 0. The lowest BCUT2D eigenvalue weighted by Crippen LogP contribution is -2.35. The highest BCUT2D eigenvalue weighted by atomic mass is 16.6. The largest absolute Gasteiger partial charge is 0.443 e. The van der Waals surface area contributed by atoms with Crippen LogP contribution in [0.5, 0.6) is 0 Å². The summed E-state index contributed by atoms with van der Waals surface area (Å²) < 4.78 is 6.96. The lowest BCUT2D eigenvalue weighted by Gasteiger charge is -2.24. The van der Waals surface area contributed by atoms with Crippen LogP contribution in [-0.2, 0) is 24.6 Å². The Bertz CT molecular complexity index is 1250. The second-order valence-corrected chi connectivity index (χ2v) is 9.38. The first-order valence-corrected chi connectivity index (χ1v) is 10.6. The van der Waals surface area contributed by atoms with Crippen LogP contribution in [0, 0.1) is 13.8 Å². The fourth-order valence-corrected chi connectivity index (χ4v) is 4.08. The zero-order chi connectivity index (χ0) is 22.5. The van der Waals surface area contributed by atoms with E-state index in [1.165, 1.54) is 4.68 Å². The van der Waals surface area contributed by atoms with Crippen molar-refractivity contribution in [1.29, 1.82) is 0 Å². The van der Waals surface area contributed by atoms with Gasteiger partial charge in [-0.2, -0.15) is 5.10 Å². The number of rotatable bonds is 2. The molecule has 0 saturated carbocycles. The molecule has 0 N–H and O–H groups in total. The first kappa shape index (κ1) is 21.1. The van der Waals surface area contributed by atoms with E-state index in [2.05, 4.69) is 24.2 Å². The van der Waals surface area contributed by atoms with Crippen molar-refractivity contribution in [2.45, 2.75) is 53.1 Å². The Morgan fingerprint density at radius 1 is 1.10 bits per heavy atom. The zero-order valence-corrected chi connectivity index (χ0v) is 19.1. The Hall–Kier alpha value is -3.15. The SMILES string of the molecule is Cc1cc2c(Cc3ccc4c(c3)CCN4C(=O)OC(C)(C)C)nn(C)c(=O)c2cc1C. The molecule has 1 amide bonds. The van der Waals surface area contributed by atoms with Gasteiger partial charge in [-0.3, -0.25) is 9.69 Å². The quantitative estimate of drug-likeness (QED) is 0.616. The number of hydrogen-bond acceptors (Lipinski definition) is 4. The molecule has 1 aliphatic rings. The molecular formula is C25H29N3O3. The van der Waals surface area contributed by atoms with Crippen LogP contribution in [0.4, 0.5) is 10.5 Å². The predicted octanol–water partition coefficient (Wildman–Crippen LogP) is 4.44. The van der Waals surface area contributed by atoms with Crippen LogP contribution in [0.25, 0.3) is 10.8 Å². The average Bonchev–Trinajstić information content (AvgIpc) is 3.09. The second kappa shape index (κ2) is 7.52. The minimum Gasteiger partial charge on any atom is -0.443 e. The fourth-order valence-electron chi connectivity index (χ4n) is 4.08. The van der Waals surface area contributed by atoms with Gasteiger partial charge in [0.05, 0.1) is 16.8 Å². The van der Waals surface area contributed by atoms with Crippen molar-refractivity contribution in [3.8, 4) is 0 Å². The summed E-state index contributed by atoms with van der Waals surface area (Å²) in [6.45, 7) is 10.3. The van der Waals surface area contributed by atoms with Crippen molar-refractivity contribution in [3.63, 3.8) is 0 Å². The van der Waals surface area contributed by atoms with Gasteiger partial charge in [-0.05, 0) is 81.5 Å². The van der Waals surface area contributed by atoms with Gasteiger partial charge in [0.2, 0.25) is 0 Å². The molecule has 0 saturated heterocycles. The third kappa shape index (κ3) is 4.07. The lowest BCUT2D eigenvalue weighted by molar-refractivity contribution is 0.0584. The Balaban J connectivity index is 1.67. The molecule has 0 bridgehead atoms. The molecular weight excluding hydrogens is 390 g/mol. The smallest absolute Gasteiger partial charge is 0.414 e. The number of aromatic nitrogens is 2. The van der Waals surface area contributed by atoms with E-state index in [4.69, 9.17) is 4.74 Å². The third-order valence-electron chi connectivity index (χ3n) is 5.76. The zero-order valence-electron chi connectivity index (χ0n) is 19.1. The van der Waals surface area contributed by atoms with Crippen LogP contribution >= 0.6 is 0 Å². The number of anilines is 1. The number of carbonyl (C=O) groups excluding carboxylic acids is 1. The normalized spacial score (nSPS) is 13.5. The first-order valence-electron chi connectivity index (χ1n) is 10.6. The second-order valence-electron chi connectivity index (χ2n) is 9.38. The summed E-state index contributed by atoms with van der Waals surface area (Å²) in [5.41, 5.74) is 5.66. The molecule has 4 rings (SSSR count). The summed E-state index contributed by atoms with van der Waals surface area (Å²) in [6, 6.07) is 10.2. The number of ether oxygens (including phenoxy) is 1. The maximum atomic E-state index is 12.6. The van der Waals surface area contributed by atoms with Crippen molar-refractivity contribution in [2.75, 3.05) is 11.4 Å². The van der Waals surface area contributed by atoms with Crippen molar-refractivity contribution in [1.82, 2.24) is 9.78 Å². The number of fused-ring (bicyclic) bond motifs is 2. The van der Waals surface area contributed by atoms with Gasteiger partial charge < -0.3 is 4.74 Å². The van der Waals surface area contributed by atoms with E-state index in [-0.39, 0.29) is 11.7 Å². The van der Waals surface area contributed by atoms with Crippen LogP contribution in [-0.4, -0.2) is 28.0 Å². The maximum absolute atomic E-state index is 12.6. The molecule has 2 heterocycles. The molecule has 6 heteroatoms. The fraction of sp³-hybridized carbons (Fsp3) is 0.400. The van der Waals surface area contributed by atoms with Gasteiger partial charge >= 0.3 is 6.09 Å². The van der Waals surface area contributed by atoms with Gasteiger partial charge in [0.1, 0.15) is 5.60 Å². The summed E-state index contributed by atoms with van der Waals surface area (Å²) in [4.78, 5) is 26.8. The topological polar surface area (TPSA) is 64.4 Å². The van der Waals surface area contributed by atoms with Crippen LogP contribution in [0.2, 0.25) is 0 Å². The van der Waals surface area contributed by atoms with E-state index in [1.54, 1.807) is 11.9 Å². The van der Waals surface area contributed by atoms with Crippen molar-refractivity contribution in [3.05, 3.63) is 68.6 Å². The highest BCUT2D eigenvalue weighted by Gasteiger charge is 2.29. The highest BCUT2D eigenvalue weighted by molar-refractivity contribution is 5.90. The van der Waals surface area contributed by atoms with Gasteiger partial charge in [0.25, 0.3) is 5.56 Å². The number of hydrogen-bond donors (Lipinski definition) is 0. The first-order chi connectivity index (χ1) is 14.5. The summed E-state index contributed by atoms with van der Waals surface area (Å²) in [6.07, 6.45) is 1.10. The molecule has 0 unspecified atom stereocenters. The number of amides is 1. The molecule has 1 aromatic heterocycles. The van der Waals surface area contributed by atoms with Gasteiger partial charge in [0.15, 0.2) is 0 Å². The van der Waals surface area contributed by atoms with Crippen molar-refractivity contribution < 1.29 is 9.53 Å². The monoisotopic (exact) mass is 419 g/mol. The van der Waals surface area contributed by atoms with E-state index in [1.807, 2.05) is 45.9 Å². The summed E-state index contributed by atoms with van der Waals surface area (Å²) in [5.74, 6) is 0. The third-order valence-corrected chi connectivity index (χ3v) is 5.76. The van der Waals surface area contributed by atoms with Crippen LogP contribution in [0.3, 0.4) is 0 Å².